The summed E-state index contributed by atoms with van der Waals surface area (Å²) in [6.45, 7) is -2.14. The first-order valence-corrected chi connectivity index (χ1v) is 7.96. The number of halogens is 2. The van der Waals surface area contributed by atoms with Gasteiger partial charge in [0.25, 0.3) is 0 Å². The number of hydrogen-bond donors (Lipinski definition) is 0. The van der Waals surface area contributed by atoms with E-state index in [0.29, 0.717) is 11.4 Å². The molecular weight excluding hydrogens is 325 g/mol. The van der Waals surface area contributed by atoms with Crippen LogP contribution in [-0.2, 0) is 4.74 Å². The van der Waals surface area contributed by atoms with Crippen molar-refractivity contribution in [2.45, 2.75) is 6.92 Å². The summed E-state index contributed by atoms with van der Waals surface area (Å²) in [5.41, 5.74) is 3.55. The molecule has 0 saturated carbocycles. The first-order chi connectivity index (χ1) is 12.0. The van der Waals surface area contributed by atoms with Crippen molar-refractivity contribution in [2.24, 2.45) is 0 Å². The van der Waals surface area contributed by atoms with Crippen molar-refractivity contribution in [3.05, 3.63) is 71.1 Å². The van der Waals surface area contributed by atoms with Crippen molar-refractivity contribution >= 4 is 18.4 Å². The van der Waals surface area contributed by atoms with Crippen molar-refractivity contribution in [2.75, 3.05) is 14.2 Å². The maximum atomic E-state index is 15.3. The smallest absolute Gasteiger partial charge is 0.485 e. The van der Waals surface area contributed by atoms with Gasteiger partial charge in [0.15, 0.2) is 11.6 Å². The Labute approximate surface area is 144 Å². The highest BCUT2D eigenvalue weighted by molar-refractivity contribution is 6.58. The van der Waals surface area contributed by atoms with E-state index in [0.717, 1.165) is 25.7 Å². The highest BCUT2D eigenvalue weighted by Gasteiger charge is 2.55. The Kier molecular flexibility index (Phi) is 3.35. The normalized spacial score (nSPS) is 17.6. The molecule has 0 radical (unpaired) electrons. The van der Waals surface area contributed by atoms with Gasteiger partial charge in [0, 0.05) is 11.8 Å². The minimum absolute atomic E-state index is 0.117. The highest BCUT2D eigenvalue weighted by atomic mass is 19.2. The first-order valence-electron chi connectivity index (χ1n) is 7.96. The lowest BCUT2D eigenvalue weighted by atomic mass is 9.86. The molecule has 2 aliphatic heterocycles. The molecule has 4 rings (SSSR count). The molecule has 0 saturated heterocycles. The molecule has 1 aromatic heterocycles. The predicted octanol–water partition coefficient (Wildman–Crippen LogP) is 3.43. The zero-order valence-electron chi connectivity index (χ0n) is 14.2. The summed E-state index contributed by atoms with van der Waals surface area (Å²) < 4.78 is 42.9. The lowest BCUT2D eigenvalue weighted by Crippen LogP contribution is -2.51. The SMILES string of the molecule is COC1=[N+]2C(=C(c3ccc(C)cc3)c3ccc(OC)n3[B-]2(F)F)C=C1. The van der Waals surface area contributed by atoms with Crippen LogP contribution in [0.15, 0.2) is 54.2 Å². The Morgan fingerprint density at radius 3 is 2.32 bits per heavy atom. The fourth-order valence-corrected chi connectivity index (χ4v) is 3.50. The second kappa shape index (κ2) is 5.34. The molecule has 0 spiro atoms. The molecule has 0 bridgehead atoms. The minimum Gasteiger partial charge on any atom is -0.485 e. The zero-order chi connectivity index (χ0) is 17.8. The standard InChI is InChI=1S/C18H17BF2N2O2/c1-12-4-6-13(7-5-12)18-14-8-10-16(24-2)22(14)19(20,21)23-15(18)9-11-17(23)25-3/h4-11H,1-3H3. The molecule has 0 N–H and O–H groups in total. The molecule has 0 amide bonds. The van der Waals surface area contributed by atoms with E-state index in [1.807, 2.05) is 31.2 Å². The average molecular weight is 342 g/mol. The number of nitrogens with zero attached hydrogens (tertiary/aromatic N) is 2. The molecule has 0 unspecified atom stereocenters. The van der Waals surface area contributed by atoms with Crippen LogP contribution in [-0.4, -0.2) is 36.1 Å². The monoisotopic (exact) mass is 342 g/mol. The number of hydrogen-bond acceptors (Lipinski definition) is 2. The van der Waals surface area contributed by atoms with Crippen molar-refractivity contribution in [3.8, 4) is 5.88 Å². The van der Waals surface area contributed by atoms with E-state index in [9.17, 15) is 0 Å². The van der Waals surface area contributed by atoms with Crippen molar-refractivity contribution in [3.63, 3.8) is 0 Å². The topological polar surface area (TPSA) is 26.4 Å². The molecule has 7 heteroatoms. The van der Waals surface area contributed by atoms with E-state index in [4.69, 9.17) is 9.47 Å². The van der Waals surface area contributed by atoms with E-state index in [-0.39, 0.29) is 11.8 Å². The van der Waals surface area contributed by atoms with E-state index in [1.165, 1.54) is 14.2 Å². The predicted molar refractivity (Wildman–Crippen MR) is 93.0 cm³/mol. The number of aryl methyl sites for hydroxylation is 1. The summed E-state index contributed by atoms with van der Waals surface area (Å²) in [4.78, 5) is 0. The Morgan fingerprint density at radius 1 is 0.960 bits per heavy atom. The number of fused-ring (bicyclic) bond motifs is 2. The Balaban J connectivity index is 2.08. The molecule has 128 valence electrons. The number of rotatable bonds is 2. The molecule has 0 fully saturated rings. The van der Waals surface area contributed by atoms with Crippen LogP contribution in [0, 0.1) is 6.92 Å². The second-order valence-electron chi connectivity index (χ2n) is 6.09. The Morgan fingerprint density at radius 2 is 1.68 bits per heavy atom. The molecular formula is C18H17BF2N2O2. The maximum absolute atomic E-state index is 15.3. The van der Waals surface area contributed by atoms with E-state index in [2.05, 4.69) is 0 Å². The van der Waals surface area contributed by atoms with Gasteiger partial charge < -0.3 is 22.6 Å². The van der Waals surface area contributed by atoms with Crippen LogP contribution in [0.3, 0.4) is 0 Å². The van der Waals surface area contributed by atoms with Gasteiger partial charge in [-0.05, 0) is 24.6 Å². The van der Waals surface area contributed by atoms with E-state index < -0.39 is 6.97 Å². The summed E-state index contributed by atoms with van der Waals surface area (Å²) in [6, 6.07) is 11.1. The lowest BCUT2D eigenvalue weighted by Gasteiger charge is -2.32. The molecule has 2 aliphatic rings. The number of aromatic nitrogens is 1. The Bertz CT molecular complexity index is 956. The summed E-state index contributed by atoms with van der Waals surface area (Å²) >= 11 is 0. The van der Waals surface area contributed by atoms with Crippen LogP contribution in [0.25, 0.3) is 5.57 Å². The molecule has 4 nitrogen and oxygen atoms in total. The molecule has 2 aromatic rings. The van der Waals surface area contributed by atoms with E-state index >= 15 is 8.63 Å². The number of ether oxygens (including phenoxy) is 2. The van der Waals surface area contributed by atoms with Crippen molar-refractivity contribution in [1.29, 1.82) is 0 Å². The van der Waals surface area contributed by atoms with Gasteiger partial charge in [0.2, 0.25) is 0 Å². The van der Waals surface area contributed by atoms with Gasteiger partial charge in [-0.25, -0.2) is 0 Å². The van der Waals surface area contributed by atoms with Crippen LogP contribution < -0.4 is 4.74 Å². The summed E-state index contributed by atoms with van der Waals surface area (Å²) in [6.07, 6.45) is 3.24. The zero-order valence-corrected chi connectivity index (χ0v) is 14.2. The van der Waals surface area contributed by atoms with Crippen molar-refractivity contribution in [1.82, 2.24) is 4.48 Å². The fraction of sp³-hybridized carbons (Fsp3) is 0.167. The fourth-order valence-electron chi connectivity index (χ4n) is 3.50. The van der Waals surface area contributed by atoms with Crippen LogP contribution in [0.2, 0.25) is 0 Å². The van der Waals surface area contributed by atoms with Gasteiger partial charge in [0.1, 0.15) is 0 Å². The van der Waals surface area contributed by atoms with E-state index in [1.54, 1.807) is 24.3 Å². The second-order valence-corrected chi connectivity index (χ2v) is 6.09. The average Bonchev–Trinajstić information content (AvgIpc) is 3.21. The molecule has 0 atom stereocenters. The number of allylic oxidation sites excluding steroid dienone is 1. The van der Waals surface area contributed by atoms with Crippen LogP contribution in [0.5, 0.6) is 5.88 Å². The molecule has 0 aliphatic carbocycles. The Hall–Kier alpha value is -2.83. The largest absolute Gasteiger partial charge is 0.742 e. The molecule has 3 heterocycles. The number of benzene rings is 1. The van der Waals surface area contributed by atoms with Gasteiger partial charge in [-0.1, -0.05) is 29.8 Å². The van der Waals surface area contributed by atoms with Crippen molar-refractivity contribution < 1.29 is 22.6 Å². The maximum Gasteiger partial charge on any atom is 0.742 e. The van der Waals surface area contributed by atoms with Gasteiger partial charge >= 0.3 is 12.9 Å². The van der Waals surface area contributed by atoms with Gasteiger partial charge in [-0.3, -0.25) is 4.49 Å². The van der Waals surface area contributed by atoms with Crippen LogP contribution in [0.1, 0.15) is 16.8 Å². The quantitative estimate of drug-likeness (QED) is 0.782. The van der Waals surface area contributed by atoms with Gasteiger partial charge in [-0.15, -0.1) is 0 Å². The molecule has 1 aromatic carbocycles. The highest BCUT2D eigenvalue weighted by Crippen LogP contribution is 2.42. The van der Waals surface area contributed by atoms with Crippen LogP contribution >= 0.6 is 0 Å². The summed E-state index contributed by atoms with van der Waals surface area (Å²) in [7, 11) is 2.78. The van der Waals surface area contributed by atoms with Gasteiger partial charge in [0.05, 0.1) is 25.9 Å². The third-order valence-electron chi connectivity index (χ3n) is 4.65. The third-order valence-corrected chi connectivity index (χ3v) is 4.65. The lowest BCUT2D eigenvalue weighted by molar-refractivity contribution is -0.372. The minimum atomic E-state index is -4.13. The van der Waals surface area contributed by atoms with Gasteiger partial charge in [-0.2, -0.15) is 0 Å². The summed E-state index contributed by atoms with van der Waals surface area (Å²) in [5.74, 6) is 0.233. The summed E-state index contributed by atoms with van der Waals surface area (Å²) in [5, 5.41) is 0. The first kappa shape index (κ1) is 15.7. The number of methoxy groups -OCH3 is 2. The molecule has 25 heavy (non-hydrogen) atoms. The third kappa shape index (κ3) is 2.08. The van der Waals surface area contributed by atoms with Crippen LogP contribution in [0.4, 0.5) is 8.63 Å².